The average Bonchev–Trinajstić information content (AvgIpc) is 2.49. The van der Waals surface area contributed by atoms with Gasteiger partial charge in [-0.15, -0.1) is 10.2 Å². The van der Waals surface area contributed by atoms with Crippen LogP contribution in [0.25, 0.3) is 11.3 Å². The van der Waals surface area contributed by atoms with Gasteiger partial charge in [0.15, 0.2) is 5.82 Å². The zero-order chi connectivity index (χ0) is 13.1. The quantitative estimate of drug-likeness (QED) is 0.875. The number of aromatic nitrogens is 3. The Morgan fingerprint density at radius 1 is 1.16 bits per heavy atom. The Morgan fingerprint density at radius 2 is 1.95 bits per heavy atom. The first-order chi connectivity index (χ1) is 9.36. The molecule has 1 N–H and O–H groups in total. The van der Waals surface area contributed by atoms with E-state index in [0.717, 1.165) is 43.3 Å². The average molecular weight is 255 g/mol. The normalized spacial score (nSPS) is 15.5. The van der Waals surface area contributed by atoms with Crippen LogP contribution >= 0.6 is 0 Å². The molecule has 0 aliphatic carbocycles. The molecule has 3 rings (SSSR count). The van der Waals surface area contributed by atoms with Crippen molar-refractivity contribution in [3.05, 3.63) is 36.2 Å². The molecule has 0 amide bonds. The van der Waals surface area contributed by atoms with Gasteiger partial charge in [0.25, 0.3) is 0 Å². The summed E-state index contributed by atoms with van der Waals surface area (Å²) < 4.78 is 0. The first-order valence-corrected chi connectivity index (χ1v) is 6.55. The lowest BCUT2D eigenvalue weighted by atomic mass is 10.1. The molecule has 0 spiro atoms. The van der Waals surface area contributed by atoms with Crippen LogP contribution in [0.15, 0.2) is 30.6 Å². The molecule has 1 fully saturated rings. The summed E-state index contributed by atoms with van der Waals surface area (Å²) in [7, 11) is 0. The number of nitrogens with one attached hydrogen (secondary N) is 1. The summed E-state index contributed by atoms with van der Waals surface area (Å²) in [6.45, 7) is 5.97. The molecule has 1 aromatic heterocycles. The maximum Gasteiger partial charge on any atom is 0.159 e. The van der Waals surface area contributed by atoms with Gasteiger partial charge in [-0.2, -0.15) is 0 Å². The number of hydrogen-bond donors (Lipinski definition) is 1. The molecule has 1 aliphatic rings. The van der Waals surface area contributed by atoms with Crippen LogP contribution in [0.2, 0.25) is 0 Å². The highest BCUT2D eigenvalue weighted by atomic mass is 15.3. The number of nitrogens with zero attached hydrogens (tertiary/aromatic N) is 4. The van der Waals surface area contributed by atoms with Crippen LogP contribution in [0.3, 0.4) is 0 Å². The molecule has 19 heavy (non-hydrogen) atoms. The molecule has 0 unspecified atom stereocenters. The third kappa shape index (κ3) is 2.42. The summed E-state index contributed by atoms with van der Waals surface area (Å²) >= 11 is 0. The van der Waals surface area contributed by atoms with E-state index in [9.17, 15) is 0 Å². The Labute approximate surface area is 112 Å². The predicted octanol–water partition coefficient (Wildman–Crippen LogP) is 1.26. The second-order valence-corrected chi connectivity index (χ2v) is 4.68. The van der Waals surface area contributed by atoms with E-state index in [4.69, 9.17) is 0 Å². The predicted molar refractivity (Wildman–Crippen MR) is 75.1 cm³/mol. The summed E-state index contributed by atoms with van der Waals surface area (Å²) in [5.74, 6) is 0.936. The molecule has 0 atom stereocenters. The third-order valence-corrected chi connectivity index (χ3v) is 3.42. The second-order valence-electron chi connectivity index (χ2n) is 4.68. The Morgan fingerprint density at radius 3 is 2.74 bits per heavy atom. The monoisotopic (exact) mass is 255 g/mol. The minimum absolute atomic E-state index is 0.877. The topological polar surface area (TPSA) is 53.9 Å². The van der Waals surface area contributed by atoms with Crippen molar-refractivity contribution < 1.29 is 0 Å². The number of aryl methyl sites for hydroxylation is 1. The molecule has 0 bridgehead atoms. The van der Waals surface area contributed by atoms with Crippen LogP contribution in [0.1, 0.15) is 5.56 Å². The van der Waals surface area contributed by atoms with Gasteiger partial charge in [0.1, 0.15) is 12.0 Å². The third-order valence-electron chi connectivity index (χ3n) is 3.42. The lowest BCUT2D eigenvalue weighted by Gasteiger charge is -2.29. The van der Waals surface area contributed by atoms with Crippen LogP contribution < -0.4 is 10.2 Å². The molecule has 0 saturated carbocycles. The zero-order valence-corrected chi connectivity index (χ0v) is 11.0. The van der Waals surface area contributed by atoms with E-state index in [1.807, 2.05) is 12.1 Å². The molecule has 5 nitrogen and oxygen atoms in total. The minimum atomic E-state index is 0.877. The van der Waals surface area contributed by atoms with Crippen LogP contribution in [0.4, 0.5) is 5.82 Å². The summed E-state index contributed by atoms with van der Waals surface area (Å²) in [6.07, 6.45) is 1.53. The summed E-state index contributed by atoms with van der Waals surface area (Å²) in [5, 5.41) is 11.6. The lowest BCUT2D eigenvalue weighted by Crippen LogP contribution is -2.44. The smallest absolute Gasteiger partial charge is 0.159 e. The van der Waals surface area contributed by atoms with E-state index in [-0.39, 0.29) is 0 Å². The van der Waals surface area contributed by atoms with Crippen molar-refractivity contribution in [2.75, 3.05) is 31.1 Å². The Bertz CT molecular complexity index is 563. The zero-order valence-electron chi connectivity index (χ0n) is 11.0. The fraction of sp³-hybridized carbons (Fsp3) is 0.357. The second kappa shape index (κ2) is 5.32. The summed E-state index contributed by atoms with van der Waals surface area (Å²) in [5.41, 5.74) is 3.18. The molecule has 1 aliphatic heterocycles. The molecular weight excluding hydrogens is 238 g/mol. The van der Waals surface area contributed by atoms with Gasteiger partial charge in [0.05, 0.1) is 0 Å². The number of piperazine rings is 1. The minimum Gasteiger partial charge on any atom is -0.352 e. The first kappa shape index (κ1) is 12.0. The van der Waals surface area contributed by atoms with Crippen molar-refractivity contribution in [1.82, 2.24) is 20.5 Å². The lowest BCUT2D eigenvalue weighted by molar-refractivity contribution is 0.583. The van der Waals surface area contributed by atoms with Gasteiger partial charge in [0, 0.05) is 31.7 Å². The fourth-order valence-electron chi connectivity index (χ4n) is 2.39. The van der Waals surface area contributed by atoms with E-state index in [0.29, 0.717) is 0 Å². The number of hydrogen-bond acceptors (Lipinski definition) is 5. The van der Waals surface area contributed by atoms with E-state index in [1.165, 1.54) is 11.9 Å². The summed E-state index contributed by atoms with van der Waals surface area (Å²) in [4.78, 5) is 6.72. The van der Waals surface area contributed by atoms with E-state index in [1.54, 1.807) is 0 Å². The van der Waals surface area contributed by atoms with E-state index >= 15 is 0 Å². The van der Waals surface area contributed by atoms with Crippen LogP contribution in [-0.2, 0) is 0 Å². The van der Waals surface area contributed by atoms with Gasteiger partial charge < -0.3 is 10.2 Å². The standard InChI is InChI=1S/C14H17N5/c1-11-4-2-3-5-12(11)13-14(16-10-17-18-13)19-8-6-15-7-9-19/h2-5,10,15H,6-9H2,1H3. The van der Waals surface area contributed by atoms with Gasteiger partial charge in [-0.05, 0) is 12.5 Å². The first-order valence-electron chi connectivity index (χ1n) is 6.55. The summed E-state index contributed by atoms with van der Waals surface area (Å²) in [6, 6.07) is 8.23. The highest BCUT2D eigenvalue weighted by Gasteiger charge is 2.18. The molecule has 98 valence electrons. The molecule has 1 aromatic carbocycles. The maximum absolute atomic E-state index is 4.44. The Hall–Kier alpha value is -2.01. The molecule has 2 aromatic rings. The highest BCUT2D eigenvalue weighted by Crippen LogP contribution is 2.28. The van der Waals surface area contributed by atoms with Gasteiger partial charge in [-0.1, -0.05) is 24.3 Å². The number of rotatable bonds is 2. The van der Waals surface area contributed by atoms with Crippen molar-refractivity contribution in [2.45, 2.75) is 6.92 Å². The van der Waals surface area contributed by atoms with Gasteiger partial charge in [0.2, 0.25) is 0 Å². The molecular formula is C14H17N5. The van der Waals surface area contributed by atoms with Crippen LogP contribution in [0, 0.1) is 6.92 Å². The maximum atomic E-state index is 4.44. The van der Waals surface area contributed by atoms with Crippen LogP contribution in [-0.4, -0.2) is 41.4 Å². The van der Waals surface area contributed by atoms with Gasteiger partial charge in [-0.3, -0.25) is 0 Å². The van der Waals surface area contributed by atoms with Crippen molar-refractivity contribution >= 4 is 5.82 Å². The van der Waals surface area contributed by atoms with Gasteiger partial charge in [-0.25, -0.2) is 4.98 Å². The fourth-order valence-corrected chi connectivity index (χ4v) is 2.39. The van der Waals surface area contributed by atoms with E-state index in [2.05, 4.69) is 44.5 Å². The molecule has 1 saturated heterocycles. The molecule has 5 heteroatoms. The largest absolute Gasteiger partial charge is 0.352 e. The van der Waals surface area contributed by atoms with E-state index < -0.39 is 0 Å². The number of benzene rings is 1. The van der Waals surface area contributed by atoms with Crippen molar-refractivity contribution in [3.8, 4) is 11.3 Å². The van der Waals surface area contributed by atoms with Crippen molar-refractivity contribution in [2.24, 2.45) is 0 Å². The van der Waals surface area contributed by atoms with Crippen LogP contribution in [0.5, 0.6) is 0 Å². The molecule has 0 radical (unpaired) electrons. The Balaban J connectivity index is 2.04. The SMILES string of the molecule is Cc1ccccc1-c1nncnc1N1CCNCC1. The Kier molecular flexibility index (Phi) is 3.37. The highest BCUT2D eigenvalue weighted by molar-refractivity contribution is 5.74. The van der Waals surface area contributed by atoms with Gasteiger partial charge >= 0.3 is 0 Å². The van der Waals surface area contributed by atoms with Crippen molar-refractivity contribution in [1.29, 1.82) is 0 Å². The number of anilines is 1. The van der Waals surface area contributed by atoms with Crippen molar-refractivity contribution in [3.63, 3.8) is 0 Å². The molecule has 2 heterocycles.